The number of hydrogen-bond donors (Lipinski definition) is 1. The molecule has 2 aliphatic rings. The molecule has 0 aromatic rings. The molecule has 2 rings (SSSR count). The molecule has 0 bridgehead atoms. The van der Waals surface area contributed by atoms with Crippen molar-refractivity contribution in [1.82, 2.24) is 10.2 Å². The van der Waals surface area contributed by atoms with Gasteiger partial charge in [0.25, 0.3) is 0 Å². The van der Waals surface area contributed by atoms with Crippen molar-refractivity contribution < 1.29 is 4.74 Å². The fraction of sp³-hybridized carbons (Fsp3) is 1.00. The highest BCUT2D eigenvalue weighted by Crippen LogP contribution is 2.28. The first-order valence-electron chi connectivity index (χ1n) is 6.30. The van der Waals surface area contributed by atoms with Crippen LogP contribution in [0.25, 0.3) is 0 Å². The quantitative estimate of drug-likeness (QED) is 0.691. The normalized spacial score (nSPS) is 33.2. The van der Waals surface area contributed by atoms with Crippen molar-refractivity contribution in [2.75, 3.05) is 32.8 Å². The maximum atomic E-state index is 5.67. The molecule has 3 heteroatoms. The van der Waals surface area contributed by atoms with Gasteiger partial charge in [-0.2, -0.15) is 0 Å². The van der Waals surface area contributed by atoms with Crippen LogP contribution in [0.2, 0.25) is 0 Å². The van der Waals surface area contributed by atoms with Gasteiger partial charge in [-0.05, 0) is 32.6 Å². The van der Waals surface area contributed by atoms with Crippen molar-refractivity contribution in [3.8, 4) is 0 Å². The molecule has 88 valence electrons. The lowest BCUT2D eigenvalue weighted by Gasteiger charge is -2.36. The average molecular weight is 212 g/mol. The second-order valence-corrected chi connectivity index (χ2v) is 5.25. The van der Waals surface area contributed by atoms with Crippen LogP contribution in [0.5, 0.6) is 0 Å². The fourth-order valence-electron chi connectivity index (χ4n) is 2.35. The number of piperazine rings is 1. The maximum absolute atomic E-state index is 5.67. The highest BCUT2D eigenvalue weighted by Gasteiger charge is 2.22. The van der Waals surface area contributed by atoms with Gasteiger partial charge in [0, 0.05) is 38.3 Å². The molecule has 2 fully saturated rings. The zero-order valence-corrected chi connectivity index (χ0v) is 10.0. The minimum atomic E-state index is 0.622. The molecule has 1 aliphatic carbocycles. The van der Waals surface area contributed by atoms with E-state index in [1.165, 1.54) is 12.8 Å². The summed E-state index contributed by atoms with van der Waals surface area (Å²) in [4.78, 5) is 2.51. The lowest BCUT2D eigenvalue weighted by Crippen LogP contribution is -2.54. The third-order valence-electron chi connectivity index (χ3n) is 3.24. The van der Waals surface area contributed by atoms with Crippen LogP contribution < -0.4 is 5.32 Å². The molecule has 1 saturated heterocycles. The van der Waals surface area contributed by atoms with E-state index in [9.17, 15) is 0 Å². The van der Waals surface area contributed by atoms with Gasteiger partial charge >= 0.3 is 0 Å². The van der Waals surface area contributed by atoms with Crippen LogP contribution in [0.15, 0.2) is 0 Å². The number of hydrogen-bond acceptors (Lipinski definition) is 3. The summed E-state index contributed by atoms with van der Waals surface area (Å²) in [5.41, 5.74) is 0. The molecule has 0 spiro atoms. The summed E-state index contributed by atoms with van der Waals surface area (Å²) in [5, 5.41) is 3.55. The van der Waals surface area contributed by atoms with Gasteiger partial charge in [-0.25, -0.2) is 0 Å². The van der Waals surface area contributed by atoms with E-state index < -0.39 is 0 Å². The van der Waals surface area contributed by atoms with E-state index in [1.54, 1.807) is 0 Å². The van der Waals surface area contributed by atoms with Crippen molar-refractivity contribution in [3.05, 3.63) is 0 Å². The first kappa shape index (κ1) is 11.4. The van der Waals surface area contributed by atoms with E-state index >= 15 is 0 Å². The van der Waals surface area contributed by atoms with E-state index in [2.05, 4.69) is 24.1 Å². The molecule has 1 aliphatic heterocycles. The zero-order chi connectivity index (χ0) is 10.7. The van der Waals surface area contributed by atoms with Gasteiger partial charge in [-0.3, -0.25) is 4.90 Å². The number of nitrogens with zero attached hydrogens (tertiary/aromatic N) is 1. The number of nitrogens with one attached hydrogen (secondary N) is 1. The highest BCUT2D eigenvalue weighted by molar-refractivity contribution is 4.80. The van der Waals surface area contributed by atoms with E-state index in [0.29, 0.717) is 12.1 Å². The third kappa shape index (κ3) is 4.09. The zero-order valence-electron chi connectivity index (χ0n) is 10.0. The molecule has 2 unspecified atom stereocenters. The molecule has 3 nitrogen and oxygen atoms in total. The Balaban J connectivity index is 1.56. The molecule has 1 N–H and O–H groups in total. The van der Waals surface area contributed by atoms with Crippen LogP contribution >= 0.6 is 0 Å². The Bertz CT molecular complexity index is 184. The lowest BCUT2D eigenvalue weighted by molar-refractivity contribution is 0.0796. The molecular formula is C12H24N2O. The summed E-state index contributed by atoms with van der Waals surface area (Å²) in [7, 11) is 0. The van der Waals surface area contributed by atoms with Gasteiger partial charge in [0.1, 0.15) is 0 Å². The smallest absolute Gasteiger partial charge is 0.0593 e. The highest BCUT2D eigenvalue weighted by atomic mass is 16.5. The van der Waals surface area contributed by atoms with Crippen LogP contribution in [-0.2, 0) is 4.74 Å². The largest absolute Gasteiger partial charge is 0.380 e. The van der Waals surface area contributed by atoms with Gasteiger partial charge in [0.05, 0.1) is 6.61 Å². The Morgan fingerprint density at radius 2 is 1.87 bits per heavy atom. The Morgan fingerprint density at radius 3 is 2.47 bits per heavy atom. The Hall–Kier alpha value is -0.120. The van der Waals surface area contributed by atoms with Crippen LogP contribution in [0.3, 0.4) is 0 Å². The summed E-state index contributed by atoms with van der Waals surface area (Å²) in [6.45, 7) is 9.85. The average Bonchev–Trinajstić information content (AvgIpc) is 2.94. The number of ether oxygens (including phenoxy) is 1. The molecule has 1 heterocycles. The van der Waals surface area contributed by atoms with Gasteiger partial charge in [0.2, 0.25) is 0 Å². The van der Waals surface area contributed by atoms with E-state index in [1.807, 2.05) is 0 Å². The lowest BCUT2D eigenvalue weighted by atomic mass is 10.1. The Kier molecular flexibility index (Phi) is 4.00. The molecule has 0 radical (unpaired) electrons. The summed E-state index contributed by atoms with van der Waals surface area (Å²) in [6, 6.07) is 1.24. The monoisotopic (exact) mass is 212 g/mol. The second kappa shape index (κ2) is 5.28. The minimum Gasteiger partial charge on any atom is -0.380 e. The van der Waals surface area contributed by atoms with E-state index in [-0.39, 0.29) is 0 Å². The Labute approximate surface area is 93.2 Å². The molecule has 0 aromatic carbocycles. The summed E-state index contributed by atoms with van der Waals surface area (Å²) >= 11 is 0. The standard InChI is InChI=1S/C12H24N2O/c1-10-7-14(8-11(2)13-10)5-6-15-9-12-3-4-12/h10-13H,3-9H2,1-2H3. The topological polar surface area (TPSA) is 24.5 Å². The van der Waals surface area contributed by atoms with Gasteiger partial charge < -0.3 is 10.1 Å². The predicted octanol–water partition coefficient (Wildman–Crippen LogP) is 1.10. The van der Waals surface area contributed by atoms with Crippen molar-refractivity contribution in [2.24, 2.45) is 5.92 Å². The Morgan fingerprint density at radius 1 is 1.20 bits per heavy atom. The molecule has 1 saturated carbocycles. The summed E-state index contributed by atoms with van der Waals surface area (Å²) < 4.78 is 5.67. The van der Waals surface area contributed by atoms with E-state index in [0.717, 1.165) is 38.8 Å². The molecule has 0 amide bonds. The molecular weight excluding hydrogens is 188 g/mol. The third-order valence-corrected chi connectivity index (χ3v) is 3.24. The second-order valence-electron chi connectivity index (χ2n) is 5.25. The first-order valence-corrected chi connectivity index (χ1v) is 6.30. The van der Waals surface area contributed by atoms with Crippen molar-refractivity contribution in [2.45, 2.75) is 38.8 Å². The minimum absolute atomic E-state index is 0.622. The van der Waals surface area contributed by atoms with Crippen molar-refractivity contribution in [1.29, 1.82) is 0 Å². The number of rotatable bonds is 5. The van der Waals surface area contributed by atoms with Gasteiger partial charge in [-0.1, -0.05) is 0 Å². The predicted molar refractivity (Wildman–Crippen MR) is 62.0 cm³/mol. The first-order chi connectivity index (χ1) is 7.24. The van der Waals surface area contributed by atoms with Crippen molar-refractivity contribution in [3.63, 3.8) is 0 Å². The molecule has 15 heavy (non-hydrogen) atoms. The van der Waals surface area contributed by atoms with Gasteiger partial charge in [0.15, 0.2) is 0 Å². The summed E-state index contributed by atoms with van der Waals surface area (Å²) in [5.74, 6) is 0.894. The fourth-order valence-corrected chi connectivity index (χ4v) is 2.35. The van der Waals surface area contributed by atoms with Crippen LogP contribution in [0.1, 0.15) is 26.7 Å². The molecule has 0 aromatic heterocycles. The van der Waals surface area contributed by atoms with Gasteiger partial charge in [-0.15, -0.1) is 0 Å². The van der Waals surface area contributed by atoms with Crippen LogP contribution in [0.4, 0.5) is 0 Å². The molecule has 2 atom stereocenters. The maximum Gasteiger partial charge on any atom is 0.0593 e. The van der Waals surface area contributed by atoms with Crippen LogP contribution in [0, 0.1) is 5.92 Å². The van der Waals surface area contributed by atoms with Crippen LogP contribution in [-0.4, -0.2) is 49.8 Å². The summed E-state index contributed by atoms with van der Waals surface area (Å²) in [6.07, 6.45) is 2.78. The van der Waals surface area contributed by atoms with Crippen molar-refractivity contribution >= 4 is 0 Å². The SMILES string of the molecule is CC1CN(CCOCC2CC2)CC(C)N1. The van der Waals surface area contributed by atoms with E-state index in [4.69, 9.17) is 4.74 Å².